The number of carbonyl (C=O) groups excluding carboxylic acids is 2. The molecule has 3 aromatic carbocycles. The molecule has 2 N–H and O–H groups in total. The molecule has 1 atom stereocenters. The van der Waals surface area contributed by atoms with Gasteiger partial charge in [-0.25, -0.2) is 4.79 Å². The molecule has 0 aliphatic carbocycles. The largest absolute Gasteiger partial charge is 0.480 e. The molecule has 2 amide bonds. The first-order valence-corrected chi connectivity index (χ1v) is 8.93. The first-order chi connectivity index (χ1) is 13.6. The van der Waals surface area contributed by atoms with Gasteiger partial charge in [-0.15, -0.1) is 0 Å². The predicted molar refractivity (Wildman–Crippen MR) is 108 cm³/mol. The van der Waals surface area contributed by atoms with Crippen molar-refractivity contribution in [1.29, 1.82) is 0 Å². The molecular formula is C22H22N2O4. The van der Waals surface area contributed by atoms with Crippen LogP contribution in [0.3, 0.4) is 0 Å². The Kier molecular flexibility index (Phi) is 6.11. The van der Waals surface area contributed by atoms with Gasteiger partial charge in [0, 0.05) is 17.6 Å². The second kappa shape index (κ2) is 8.90. The summed E-state index contributed by atoms with van der Waals surface area (Å²) < 4.78 is 10.4. The number of anilines is 1. The van der Waals surface area contributed by atoms with Gasteiger partial charge in [0.2, 0.25) is 0 Å². The Morgan fingerprint density at radius 1 is 0.964 bits per heavy atom. The van der Waals surface area contributed by atoms with E-state index in [1.807, 2.05) is 54.6 Å². The molecule has 0 unspecified atom stereocenters. The number of carbonyl (C=O) groups is 2. The lowest BCUT2D eigenvalue weighted by Crippen LogP contribution is -2.30. The van der Waals surface area contributed by atoms with E-state index in [0.717, 1.165) is 16.3 Å². The highest BCUT2D eigenvalue weighted by Gasteiger charge is 2.16. The van der Waals surface area contributed by atoms with Crippen molar-refractivity contribution in [2.45, 2.75) is 19.6 Å². The van der Waals surface area contributed by atoms with E-state index in [4.69, 9.17) is 4.74 Å². The summed E-state index contributed by atoms with van der Waals surface area (Å²) in [6.07, 6.45) is -1.15. The van der Waals surface area contributed by atoms with Gasteiger partial charge in [0.05, 0.1) is 7.11 Å². The van der Waals surface area contributed by atoms with Crippen LogP contribution in [0.4, 0.5) is 10.5 Å². The molecule has 0 aliphatic heterocycles. The molecule has 6 nitrogen and oxygen atoms in total. The number of nitrogens with one attached hydrogen (secondary N) is 2. The zero-order valence-electron chi connectivity index (χ0n) is 15.8. The van der Waals surface area contributed by atoms with Gasteiger partial charge >= 0.3 is 6.09 Å². The average molecular weight is 378 g/mol. The molecule has 0 fully saturated rings. The second-order valence-electron chi connectivity index (χ2n) is 6.27. The zero-order valence-corrected chi connectivity index (χ0v) is 15.8. The third kappa shape index (κ3) is 4.79. The summed E-state index contributed by atoms with van der Waals surface area (Å²) in [6.45, 7) is 2.06. The van der Waals surface area contributed by atoms with Gasteiger partial charge in [0.1, 0.15) is 5.75 Å². The second-order valence-corrected chi connectivity index (χ2v) is 6.27. The molecule has 3 rings (SSSR count). The van der Waals surface area contributed by atoms with E-state index in [9.17, 15) is 9.59 Å². The van der Waals surface area contributed by atoms with Crippen LogP contribution < -0.4 is 15.4 Å². The molecule has 6 heteroatoms. The molecule has 0 saturated heterocycles. The van der Waals surface area contributed by atoms with Crippen LogP contribution in [0.25, 0.3) is 10.8 Å². The van der Waals surface area contributed by atoms with Gasteiger partial charge in [-0.1, -0.05) is 48.5 Å². The summed E-state index contributed by atoms with van der Waals surface area (Å²) in [7, 11) is 1.31. The van der Waals surface area contributed by atoms with Crippen LogP contribution in [-0.2, 0) is 16.1 Å². The Bertz CT molecular complexity index is 964. The topological polar surface area (TPSA) is 76.7 Å². The van der Waals surface area contributed by atoms with Gasteiger partial charge in [-0.2, -0.15) is 0 Å². The number of rotatable bonds is 6. The number of methoxy groups -OCH3 is 1. The molecule has 0 radical (unpaired) electrons. The lowest BCUT2D eigenvalue weighted by molar-refractivity contribution is -0.122. The van der Waals surface area contributed by atoms with Gasteiger partial charge < -0.3 is 20.1 Å². The maximum Gasteiger partial charge on any atom is 0.407 e. The van der Waals surface area contributed by atoms with Crippen molar-refractivity contribution in [3.8, 4) is 5.75 Å². The van der Waals surface area contributed by atoms with Crippen molar-refractivity contribution < 1.29 is 19.1 Å². The summed E-state index contributed by atoms with van der Waals surface area (Å²) >= 11 is 0. The number of hydrogen-bond donors (Lipinski definition) is 2. The SMILES string of the molecule is COC(=O)NCc1ccc(NC(=O)[C@H](C)Oc2cccc3ccccc23)cc1. The minimum absolute atomic E-state index is 0.242. The summed E-state index contributed by atoms with van der Waals surface area (Å²) in [4.78, 5) is 23.6. The van der Waals surface area contributed by atoms with E-state index >= 15 is 0 Å². The number of hydrogen-bond acceptors (Lipinski definition) is 4. The summed E-state index contributed by atoms with van der Waals surface area (Å²) in [5, 5.41) is 7.46. The van der Waals surface area contributed by atoms with Crippen LogP contribution >= 0.6 is 0 Å². The highest BCUT2D eigenvalue weighted by molar-refractivity contribution is 5.95. The first-order valence-electron chi connectivity index (χ1n) is 8.93. The molecule has 28 heavy (non-hydrogen) atoms. The van der Waals surface area contributed by atoms with E-state index < -0.39 is 12.2 Å². The Labute approximate surface area is 163 Å². The third-order valence-electron chi connectivity index (χ3n) is 4.27. The van der Waals surface area contributed by atoms with E-state index in [2.05, 4.69) is 15.4 Å². The highest BCUT2D eigenvalue weighted by Crippen LogP contribution is 2.26. The summed E-state index contributed by atoms with van der Waals surface area (Å²) in [5.41, 5.74) is 1.55. The van der Waals surface area contributed by atoms with Crippen LogP contribution in [0.15, 0.2) is 66.7 Å². The van der Waals surface area contributed by atoms with E-state index in [1.54, 1.807) is 19.1 Å². The fourth-order valence-corrected chi connectivity index (χ4v) is 2.74. The lowest BCUT2D eigenvalue weighted by atomic mass is 10.1. The predicted octanol–water partition coefficient (Wildman–Crippen LogP) is 4.10. The quantitative estimate of drug-likeness (QED) is 0.677. The standard InChI is InChI=1S/C22H22N2O4/c1-15(28-20-9-5-7-17-6-3-4-8-19(17)20)21(25)24-18-12-10-16(11-13-18)14-23-22(26)27-2/h3-13,15H,14H2,1-2H3,(H,23,26)(H,24,25)/t15-/m0/s1. The summed E-state index contributed by atoms with van der Waals surface area (Å²) in [5.74, 6) is 0.429. The summed E-state index contributed by atoms with van der Waals surface area (Å²) in [6, 6.07) is 20.8. The molecular weight excluding hydrogens is 356 g/mol. The van der Waals surface area contributed by atoms with Crippen LogP contribution in [0.1, 0.15) is 12.5 Å². The number of amides is 2. The molecule has 3 aromatic rings. The Morgan fingerprint density at radius 3 is 2.43 bits per heavy atom. The van der Waals surface area contributed by atoms with E-state index in [1.165, 1.54) is 7.11 Å². The number of fused-ring (bicyclic) bond motifs is 1. The highest BCUT2D eigenvalue weighted by atomic mass is 16.5. The Morgan fingerprint density at radius 2 is 1.68 bits per heavy atom. The van der Waals surface area contributed by atoms with Gasteiger partial charge in [-0.3, -0.25) is 4.79 Å². The Hall–Kier alpha value is -3.54. The first kappa shape index (κ1) is 19.2. The van der Waals surface area contributed by atoms with Crippen LogP contribution in [0.5, 0.6) is 5.75 Å². The minimum Gasteiger partial charge on any atom is -0.480 e. The molecule has 0 spiro atoms. The maximum absolute atomic E-state index is 12.5. The van der Waals surface area contributed by atoms with Crippen LogP contribution in [0, 0.1) is 0 Å². The fraction of sp³-hybridized carbons (Fsp3) is 0.182. The van der Waals surface area contributed by atoms with Crippen LogP contribution in [0.2, 0.25) is 0 Å². The molecule has 0 saturated carbocycles. The van der Waals surface area contributed by atoms with Crippen molar-refractivity contribution in [3.05, 3.63) is 72.3 Å². The maximum atomic E-state index is 12.5. The molecule has 0 aromatic heterocycles. The monoisotopic (exact) mass is 378 g/mol. The van der Waals surface area contributed by atoms with E-state index in [0.29, 0.717) is 18.0 Å². The van der Waals surface area contributed by atoms with E-state index in [-0.39, 0.29) is 5.91 Å². The van der Waals surface area contributed by atoms with Gasteiger partial charge in [0.25, 0.3) is 5.91 Å². The Balaban J connectivity index is 1.60. The lowest BCUT2D eigenvalue weighted by Gasteiger charge is -2.16. The number of alkyl carbamates (subject to hydrolysis) is 1. The fourth-order valence-electron chi connectivity index (χ4n) is 2.74. The number of benzene rings is 3. The minimum atomic E-state index is -0.661. The molecule has 144 valence electrons. The smallest absolute Gasteiger partial charge is 0.407 e. The van der Waals surface area contributed by atoms with Crippen molar-refractivity contribution >= 4 is 28.5 Å². The third-order valence-corrected chi connectivity index (χ3v) is 4.27. The molecule has 0 heterocycles. The van der Waals surface area contributed by atoms with Gasteiger partial charge in [0.15, 0.2) is 6.10 Å². The van der Waals surface area contributed by atoms with Crippen molar-refractivity contribution in [2.75, 3.05) is 12.4 Å². The number of ether oxygens (including phenoxy) is 2. The average Bonchev–Trinajstić information content (AvgIpc) is 2.73. The van der Waals surface area contributed by atoms with Crippen molar-refractivity contribution in [1.82, 2.24) is 5.32 Å². The zero-order chi connectivity index (χ0) is 19.9. The molecule has 0 aliphatic rings. The normalized spacial score (nSPS) is 11.5. The van der Waals surface area contributed by atoms with Gasteiger partial charge in [-0.05, 0) is 36.1 Å². The van der Waals surface area contributed by atoms with Crippen LogP contribution in [-0.4, -0.2) is 25.2 Å². The van der Waals surface area contributed by atoms with Crippen molar-refractivity contribution in [2.24, 2.45) is 0 Å². The molecule has 0 bridgehead atoms. The van der Waals surface area contributed by atoms with Crippen molar-refractivity contribution in [3.63, 3.8) is 0 Å².